The van der Waals surface area contributed by atoms with E-state index in [-0.39, 0.29) is 11.6 Å². The lowest BCUT2D eigenvalue weighted by molar-refractivity contribution is -0.189. The van der Waals surface area contributed by atoms with Crippen LogP contribution in [0.3, 0.4) is 0 Å². The van der Waals surface area contributed by atoms with Crippen LogP contribution < -0.4 is 10.5 Å². The van der Waals surface area contributed by atoms with Gasteiger partial charge in [0.05, 0.1) is 5.69 Å². The van der Waals surface area contributed by atoms with Gasteiger partial charge < -0.3 is 10.5 Å². The van der Waals surface area contributed by atoms with Crippen LogP contribution in [0.2, 0.25) is 0 Å². The van der Waals surface area contributed by atoms with Gasteiger partial charge in [-0.1, -0.05) is 0 Å². The Balaban J connectivity index is 2.85. The van der Waals surface area contributed by atoms with Crippen molar-refractivity contribution < 1.29 is 17.9 Å². The third kappa shape index (κ3) is 3.00. The highest BCUT2D eigenvalue weighted by Crippen LogP contribution is 2.26. The summed E-state index contributed by atoms with van der Waals surface area (Å²) >= 11 is 0. The molecule has 3 nitrogen and oxygen atoms in total. The van der Waals surface area contributed by atoms with Crippen molar-refractivity contribution in [2.45, 2.75) is 26.1 Å². The van der Waals surface area contributed by atoms with Crippen LogP contribution in [-0.4, -0.2) is 17.3 Å². The number of pyridine rings is 1. The number of aryl methyl sites for hydroxylation is 1. The number of nitrogens with two attached hydrogens (primary N) is 1. The van der Waals surface area contributed by atoms with Crippen molar-refractivity contribution in [1.29, 1.82) is 0 Å². The predicted molar refractivity (Wildman–Crippen MR) is 49.5 cm³/mol. The monoisotopic (exact) mass is 220 g/mol. The first-order chi connectivity index (χ1) is 6.80. The van der Waals surface area contributed by atoms with Gasteiger partial charge in [0, 0.05) is 5.69 Å². The fourth-order valence-corrected chi connectivity index (χ4v) is 0.872. The Labute approximate surface area is 85.1 Å². The molecule has 0 spiro atoms. The number of anilines is 1. The minimum atomic E-state index is -4.42. The molecular weight excluding hydrogens is 209 g/mol. The summed E-state index contributed by atoms with van der Waals surface area (Å²) in [5, 5.41) is 0. The van der Waals surface area contributed by atoms with E-state index in [9.17, 15) is 13.2 Å². The van der Waals surface area contributed by atoms with Crippen LogP contribution in [0.5, 0.6) is 5.88 Å². The molecule has 1 atom stereocenters. The molecule has 1 heterocycles. The van der Waals surface area contributed by atoms with Crippen molar-refractivity contribution >= 4 is 5.69 Å². The topological polar surface area (TPSA) is 48.1 Å². The van der Waals surface area contributed by atoms with Crippen molar-refractivity contribution in [1.82, 2.24) is 4.98 Å². The third-order valence-electron chi connectivity index (χ3n) is 1.78. The van der Waals surface area contributed by atoms with Crippen molar-refractivity contribution in [2.24, 2.45) is 0 Å². The maximum Gasteiger partial charge on any atom is 0.425 e. The van der Waals surface area contributed by atoms with E-state index in [0.29, 0.717) is 5.69 Å². The Morgan fingerprint density at radius 2 is 2.00 bits per heavy atom. The number of nitrogen functional groups attached to an aromatic ring is 1. The molecule has 0 saturated heterocycles. The van der Waals surface area contributed by atoms with Crippen molar-refractivity contribution in [3.8, 4) is 5.88 Å². The fourth-order valence-electron chi connectivity index (χ4n) is 0.872. The number of ether oxygens (including phenoxy) is 1. The molecule has 2 N–H and O–H groups in total. The molecule has 0 aromatic carbocycles. The lowest BCUT2D eigenvalue weighted by atomic mass is 10.3. The Morgan fingerprint density at radius 1 is 1.40 bits per heavy atom. The molecule has 15 heavy (non-hydrogen) atoms. The summed E-state index contributed by atoms with van der Waals surface area (Å²) in [5.41, 5.74) is 6.07. The molecule has 0 fully saturated rings. The SMILES string of the molecule is Cc1ccc(N)c(OC(C)C(F)(F)F)n1. The molecule has 6 heteroatoms. The van der Waals surface area contributed by atoms with Gasteiger partial charge in [0.25, 0.3) is 0 Å². The summed E-state index contributed by atoms with van der Waals surface area (Å²) in [6, 6.07) is 3.06. The maximum absolute atomic E-state index is 12.2. The minimum Gasteiger partial charge on any atom is -0.464 e. The van der Waals surface area contributed by atoms with E-state index >= 15 is 0 Å². The molecular formula is C9H11F3N2O. The van der Waals surface area contributed by atoms with Gasteiger partial charge in [-0.05, 0) is 26.0 Å². The van der Waals surface area contributed by atoms with E-state index in [2.05, 4.69) is 9.72 Å². The first-order valence-electron chi connectivity index (χ1n) is 4.27. The number of rotatable bonds is 2. The number of hydrogen-bond acceptors (Lipinski definition) is 3. The second-order valence-corrected chi connectivity index (χ2v) is 3.15. The standard InChI is InChI=1S/C9H11F3N2O/c1-5-3-4-7(13)8(14-5)15-6(2)9(10,11)12/h3-4,6H,13H2,1-2H3. The lowest BCUT2D eigenvalue weighted by Crippen LogP contribution is -2.31. The molecule has 1 aromatic heterocycles. The normalized spacial score (nSPS) is 13.7. The second-order valence-electron chi connectivity index (χ2n) is 3.15. The summed E-state index contributed by atoms with van der Waals surface area (Å²) in [7, 11) is 0. The molecule has 0 aliphatic rings. The Morgan fingerprint density at radius 3 is 2.53 bits per heavy atom. The first-order valence-corrected chi connectivity index (χ1v) is 4.27. The smallest absolute Gasteiger partial charge is 0.425 e. The Kier molecular flexibility index (Phi) is 3.06. The van der Waals surface area contributed by atoms with Gasteiger partial charge in [0.2, 0.25) is 5.88 Å². The average Bonchev–Trinajstić information content (AvgIpc) is 2.09. The van der Waals surface area contributed by atoms with Crippen LogP contribution in [0.25, 0.3) is 0 Å². The largest absolute Gasteiger partial charge is 0.464 e. The maximum atomic E-state index is 12.2. The van der Waals surface area contributed by atoms with E-state index < -0.39 is 12.3 Å². The molecule has 84 valence electrons. The Hall–Kier alpha value is -1.46. The molecule has 1 aromatic rings. The van der Waals surface area contributed by atoms with Gasteiger partial charge in [-0.25, -0.2) is 4.98 Å². The van der Waals surface area contributed by atoms with Crippen molar-refractivity contribution in [3.05, 3.63) is 17.8 Å². The summed E-state index contributed by atoms with van der Waals surface area (Å²) in [6.07, 6.45) is -6.34. The quantitative estimate of drug-likeness (QED) is 0.831. The highest BCUT2D eigenvalue weighted by atomic mass is 19.4. The predicted octanol–water partition coefficient (Wildman–Crippen LogP) is 2.30. The van der Waals surface area contributed by atoms with Crippen LogP contribution in [0.4, 0.5) is 18.9 Å². The van der Waals surface area contributed by atoms with Gasteiger partial charge >= 0.3 is 6.18 Å². The number of hydrogen-bond donors (Lipinski definition) is 1. The van der Waals surface area contributed by atoms with E-state index in [1.54, 1.807) is 13.0 Å². The highest BCUT2D eigenvalue weighted by molar-refractivity contribution is 5.48. The van der Waals surface area contributed by atoms with Crippen LogP contribution >= 0.6 is 0 Å². The summed E-state index contributed by atoms with van der Waals surface area (Å²) in [4.78, 5) is 3.78. The van der Waals surface area contributed by atoms with E-state index in [4.69, 9.17) is 5.73 Å². The first kappa shape index (κ1) is 11.6. The second kappa shape index (κ2) is 3.96. The zero-order chi connectivity index (χ0) is 11.6. The minimum absolute atomic E-state index is 0.0942. The van der Waals surface area contributed by atoms with Crippen molar-refractivity contribution in [3.63, 3.8) is 0 Å². The van der Waals surface area contributed by atoms with Gasteiger partial charge in [-0.15, -0.1) is 0 Å². The molecule has 1 rings (SSSR count). The zero-order valence-corrected chi connectivity index (χ0v) is 8.30. The highest BCUT2D eigenvalue weighted by Gasteiger charge is 2.38. The number of aromatic nitrogens is 1. The van der Waals surface area contributed by atoms with E-state index in [1.807, 2.05) is 0 Å². The number of alkyl halides is 3. The van der Waals surface area contributed by atoms with E-state index in [0.717, 1.165) is 6.92 Å². The third-order valence-corrected chi connectivity index (χ3v) is 1.78. The van der Waals surface area contributed by atoms with Gasteiger partial charge in [-0.3, -0.25) is 0 Å². The van der Waals surface area contributed by atoms with Crippen LogP contribution in [-0.2, 0) is 0 Å². The number of nitrogens with zero attached hydrogens (tertiary/aromatic N) is 1. The molecule has 0 bridgehead atoms. The molecule has 0 saturated carbocycles. The molecule has 0 amide bonds. The molecule has 0 aliphatic carbocycles. The summed E-state index contributed by atoms with van der Waals surface area (Å²) in [6.45, 7) is 2.55. The molecule has 0 aliphatic heterocycles. The zero-order valence-electron chi connectivity index (χ0n) is 8.30. The summed E-state index contributed by atoms with van der Waals surface area (Å²) < 4.78 is 41.1. The van der Waals surface area contributed by atoms with Crippen molar-refractivity contribution in [2.75, 3.05) is 5.73 Å². The van der Waals surface area contributed by atoms with Crippen LogP contribution in [0, 0.1) is 6.92 Å². The molecule has 0 radical (unpaired) electrons. The van der Waals surface area contributed by atoms with Gasteiger partial charge in [0.15, 0.2) is 6.10 Å². The molecule has 1 unspecified atom stereocenters. The Bertz CT molecular complexity index is 352. The number of halogens is 3. The van der Waals surface area contributed by atoms with Crippen LogP contribution in [0.1, 0.15) is 12.6 Å². The summed E-state index contributed by atoms with van der Waals surface area (Å²) in [5.74, 6) is -0.181. The van der Waals surface area contributed by atoms with Crippen LogP contribution in [0.15, 0.2) is 12.1 Å². The van der Waals surface area contributed by atoms with Gasteiger partial charge in [-0.2, -0.15) is 13.2 Å². The fraction of sp³-hybridized carbons (Fsp3) is 0.444. The van der Waals surface area contributed by atoms with E-state index in [1.165, 1.54) is 6.07 Å². The lowest BCUT2D eigenvalue weighted by Gasteiger charge is -2.17. The van der Waals surface area contributed by atoms with Gasteiger partial charge in [0.1, 0.15) is 0 Å². The average molecular weight is 220 g/mol.